The van der Waals surface area contributed by atoms with Crippen LogP contribution in [0.15, 0.2) is 34.9 Å². The summed E-state index contributed by atoms with van der Waals surface area (Å²) in [5.41, 5.74) is 7.11. The monoisotopic (exact) mass is 353 g/mol. The van der Waals surface area contributed by atoms with Crippen LogP contribution >= 0.6 is 27.3 Å². The van der Waals surface area contributed by atoms with E-state index in [1.54, 1.807) is 0 Å². The molecule has 1 atom stereocenters. The predicted octanol–water partition coefficient (Wildman–Crippen LogP) is 3.74. The molecule has 0 saturated heterocycles. The first kappa shape index (κ1) is 15.6. The first-order valence-corrected chi connectivity index (χ1v) is 8.36. The zero-order valence-corrected chi connectivity index (χ0v) is 14.2. The third-order valence-corrected chi connectivity index (χ3v) is 5.60. The van der Waals surface area contributed by atoms with Crippen LogP contribution in [-0.2, 0) is 6.54 Å². The Hall–Kier alpha value is -0.750. The molecule has 1 unspecified atom stereocenters. The summed E-state index contributed by atoms with van der Waals surface area (Å²) in [6.07, 6.45) is 1.84. The number of halogens is 1. The fraction of sp³-hybridized carbons (Fsp3) is 0.400. The van der Waals surface area contributed by atoms with Crippen molar-refractivity contribution in [2.45, 2.75) is 26.4 Å². The lowest BCUT2D eigenvalue weighted by Crippen LogP contribution is -2.33. The highest BCUT2D eigenvalue weighted by Gasteiger charge is 2.21. The number of rotatable bonds is 6. The van der Waals surface area contributed by atoms with Crippen molar-refractivity contribution in [1.82, 2.24) is 9.88 Å². The Morgan fingerprint density at radius 1 is 1.45 bits per heavy atom. The smallest absolute Gasteiger partial charge is 0.0568 e. The van der Waals surface area contributed by atoms with Gasteiger partial charge in [-0.15, -0.1) is 11.3 Å². The highest BCUT2D eigenvalue weighted by molar-refractivity contribution is 9.10. The lowest BCUT2D eigenvalue weighted by atomic mass is 10.2. The van der Waals surface area contributed by atoms with Gasteiger partial charge in [-0.05, 0) is 47.6 Å². The maximum absolute atomic E-state index is 6.02. The predicted molar refractivity (Wildman–Crippen MR) is 88.9 cm³/mol. The van der Waals surface area contributed by atoms with Gasteiger partial charge in [-0.25, -0.2) is 0 Å². The Morgan fingerprint density at radius 2 is 2.25 bits per heavy atom. The fourth-order valence-electron chi connectivity index (χ4n) is 2.23. The largest absolute Gasteiger partial charge is 0.329 e. The summed E-state index contributed by atoms with van der Waals surface area (Å²) in [5, 5.41) is 0. The second-order valence-electron chi connectivity index (χ2n) is 4.69. The van der Waals surface area contributed by atoms with Crippen LogP contribution in [0.3, 0.4) is 0 Å². The summed E-state index contributed by atoms with van der Waals surface area (Å²) < 4.78 is 1.17. The van der Waals surface area contributed by atoms with Gasteiger partial charge in [0.1, 0.15) is 0 Å². The summed E-state index contributed by atoms with van der Waals surface area (Å²) in [6, 6.07) is 8.47. The number of hydrogen-bond acceptors (Lipinski definition) is 4. The summed E-state index contributed by atoms with van der Waals surface area (Å²) in [5.74, 6) is 0. The average molecular weight is 354 g/mol. The quantitative estimate of drug-likeness (QED) is 0.859. The van der Waals surface area contributed by atoms with Gasteiger partial charge in [-0.2, -0.15) is 0 Å². The van der Waals surface area contributed by atoms with E-state index in [4.69, 9.17) is 5.73 Å². The lowest BCUT2D eigenvalue weighted by molar-refractivity contribution is 0.204. The molecule has 0 aromatic carbocycles. The van der Waals surface area contributed by atoms with Crippen molar-refractivity contribution < 1.29 is 0 Å². The van der Waals surface area contributed by atoms with Crippen molar-refractivity contribution in [3.8, 4) is 0 Å². The van der Waals surface area contributed by atoms with Gasteiger partial charge < -0.3 is 5.73 Å². The van der Waals surface area contributed by atoms with Gasteiger partial charge in [0.2, 0.25) is 0 Å². The van der Waals surface area contributed by atoms with E-state index >= 15 is 0 Å². The molecular formula is C15H20BrN3S. The highest BCUT2D eigenvalue weighted by atomic mass is 79.9. The lowest BCUT2D eigenvalue weighted by Gasteiger charge is -2.28. The molecule has 2 aromatic rings. The third-order valence-electron chi connectivity index (χ3n) is 3.37. The molecule has 2 rings (SSSR count). The van der Waals surface area contributed by atoms with Crippen molar-refractivity contribution in [2.75, 3.05) is 13.1 Å². The summed E-state index contributed by atoms with van der Waals surface area (Å²) in [4.78, 5) is 9.40. The second kappa shape index (κ2) is 7.31. The van der Waals surface area contributed by atoms with E-state index < -0.39 is 0 Å². The van der Waals surface area contributed by atoms with E-state index in [1.807, 2.05) is 29.7 Å². The summed E-state index contributed by atoms with van der Waals surface area (Å²) in [6.45, 7) is 6.69. The summed E-state index contributed by atoms with van der Waals surface area (Å²) in [7, 11) is 0. The molecular weight excluding hydrogens is 334 g/mol. The molecule has 2 N–H and O–H groups in total. The molecule has 3 nitrogen and oxygen atoms in total. The topological polar surface area (TPSA) is 42.2 Å². The Balaban J connectivity index is 2.19. The third kappa shape index (κ3) is 3.67. The van der Waals surface area contributed by atoms with E-state index in [0.717, 1.165) is 18.8 Å². The summed E-state index contributed by atoms with van der Waals surface area (Å²) >= 11 is 5.40. The van der Waals surface area contributed by atoms with Crippen LogP contribution in [0.25, 0.3) is 0 Å². The van der Waals surface area contributed by atoms with E-state index in [9.17, 15) is 0 Å². The molecule has 2 aromatic heterocycles. The Kier molecular flexibility index (Phi) is 5.72. The number of aromatic nitrogens is 1. The van der Waals surface area contributed by atoms with E-state index in [2.05, 4.69) is 51.8 Å². The molecule has 5 heteroatoms. The van der Waals surface area contributed by atoms with Gasteiger partial charge in [0.15, 0.2) is 0 Å². The average Bonchev–Trinajstić information content (AvgIpc) is 2.79. The minimum absolute atomic E-state index is 0.247. The number of nitrogens with zero attached hydrogens (tertiary/aromatic N) is 2. The van der Waals surface area contributed by atoms with E-state index in [1.165, 1.54) is 14.2 Å². The molecule has 0 fully saturated rings. The van der Waals surface area contributed by atoms with Crippen molar-refractivity contribution >= 4 is 27.3 Å². The van der Waals surface area contributed by atoms with Crippen molar-refractivity contribution in [3.05, 3.63) is 50.4 Å². The van der Waals surface area contributed by atoms with Crippen LogP contribution in [0.5, 0.6) is 0 Å². The molecule has 0 aliphatic rings. The Bertz CT molecular complexity index is 522. The van der Waals surface area contributed by atoms with Gasteiger partial charge in [-0.3, -0.25) is 9.88 Å². The fourth-order valence-corrected chi connectivity index (χ4v) is 3.94. The van der Waals surface area contributed by atoms with Crippen LogP contribution in [0.4, 0.5) is 0 Å². The molecule has 108 valence electrons. The number of thiophene rings is 1. The van der Waals surface area contributed by atoms with Gasteiger partial charge in [0.05, 0.1) is 11.7 Å². The molecule has 0 aliphatic heterocycles. The van der Waals surface area contributed by atoms with E-state index in [-0.39, 0.29) is 6.04 Å². The SMILES string of the molecule is CCN(Cc1ccccn1)C(CN)c1cc(Br)c(C)s1. The second-order valence-corrected chi connectivity index (χ2v) is 6.83. The van der Waals surface area contributed by atoms with Gasteiger partial charge in [-0.1, -0.05) is 13.0 Å². The Labute approximate surface area is 133 Å². The molecule has 0 amide bonds. The van der Waals surface area contributed by atoms with Crippen molar-refractivity contribution in [1.29, 1.82) is 0 Å². The molecule has 0 radical (unpaired) electrons. The van der Waals surface area contributed by atoms with Gasteiger partial charge >= 0.3 is 0 Å². The molecule has 0 spiro atoms. The van der Waals surface area contributed by atoms with Crippen LogP contribution in [-0.4, -0.2) is 23.0 Å². The maximum atomic E-state index is 6.02. The first-order valence-electron chi connectivity index (χ1n) is 6.75. The number of nitrogens with two attached hydrogens (primary N) is 1. The Morgan fingerprint density at radius 3 is 2.75 bits per heavy atom. The normalized spacial score (nSPS) is 12.8. The number of likely N-dealkylation sites (N-methyl/N-ethyl adjacent to an activating group) is 1. The number of aryl methyl sites for hydroxylation is 1. The number of pyridine rings is 1. The van der Waals surface area contributed by atoms with Crippen LogP contribution < -0.4 is 5.73 Å². The van der Waals surface area contributed by atoms with Gasteiger partial charge in [0, 0.05) is 33.5 Å². The molecule has 2 heterocycles. The maximum Gasteiger partial charge on any atom is 0.0568 e. The van der Waals surface area contributed by atoms with Crippen LogP contribution in [0.2, 0.25) is 0 Å². The number of hydrogen-bond donors (Lipinski definition) is 1. The molecule has 0 aliphatic carbocycles. The zero-order valence-electron chi connectivity index (χ0n) is 11.8. The zero-order chi connectivity index (χ0) is 14.5. The van der Waals surface area contributed by atoms with Crippen LogP contribution in [0.1, 0.15) is 28.4 Å². The van der Waals surface area contributed by atoms with E-state index in [0.29, 0.717) is 6.54 Å². The minimum atomic E-state index is 0.247. The highest BCUT2D eigenvalue weighted by Crippen LogP contribution is 2.33. The van der Waals surface area contributed by atoms with Crippen molar-refractivity contribution in [3.63, 3.8) is 0 Å². The molecule has 0 bridgehead atoms. The first-order chi connectivity index (χ1) is 9.65. The standard InChI is InChI=1S/C15H20BrN3S/c1-3-19(10-12-6-4-5-7-18-12)14(9-17)15-8-13(16)11(2)20-15/h4-8,14H,3,9-10,17H2,1-2H3. The molecule has 0 saturated carbocycles. The van der Waals surface area contributed by atoms with Gasteiger partial charge in [0.25, 0.3) is 0 Å². The van der Waals surface area contributed by atoms with Crippen LogP contribution in [0, 0.1) is 6.92 Å². The molecule has 20 heavy (non-hydrogen) atoms. The van der Waals surface area contributed by atoms with Crippen molar-refractivity contribution in [2.24, 2.45) is 5.73 Å². The minimum Gasteiger partial charge on any atom is -0.329 e.